The number of rotatable bonds is 6. The molecule has 0 aromatic rings. The van der Waals surface area contributed by atoms with Crippen LogP contribution in [-0.4, -0.2) is 44.7 Å². The molecule has 0 aromatic heterocycles. The molecule has 5 nitrogen and oxygen atoms in total. The van der Waals surface area contributed by atoms with Crippen LogP contribution < -0.4 is 4.72 Å². The van der Waals surface area contributed by atoms with E-state index in [2.05, 4.69) is 9.62 Å². The van der Waals surface area contributed by atoms with E-state index < -0.39 is 15.3 Å². The number of nitrogens with zero attached hydrogens (tertiary/aromatic N) is 2. The molecule has 1 aliphatic rings. The zero-order chi connectivity index (χ0) is 13.8. The average Bonchev–Trinajstić information content (AvgIpc) is 2.78. The Morgan fingerprint density at radius 2 is 1.94 bits per heavy atom. The summed E-state index contributed by atoms with van der Waals surface area (Å²) in [6.07, 6.45) is 4.60. The largest absolute Gasteiger partial charge is 0.302 e. The van der Waals surface area contributed by atoms with Gasteiger partial charge >= 0.3 is 0 Å². The van der Waals surface area contributed by atoms with Crippen LogP contribution in [-0.2, 0) is 10.0 Å². The van der Waals surface area contributed by atoms with E-state index in [-0.39, 0.29) is 5.54 Å². The summed E-state index contributed by atoms with van der Waals surface area (Å²) in [5, 5.41) is 7.90. The van der Waals surface area contributed by atoms with E-state index in [1.165, 1.54) is 0 Å². The molecular formula is C12H23N3O2S. The molecule has 1 N–H and O–H groups in total. The van der Waals surface area contributed by atoms with Gasteiger partial charge in [0, 0.05) is 12.1 Å². The lowest BCUT2D eigenvalue weighted by molar-refractivity contribution is 0.161. The summed E-state index contributed by atoms with van der Waals surface area (Å²) in [6, 6.07) is 1.85. The second-order valence-corrected chi connectivity index (χ2v) is 7.17. The molecular weight excluding hydrogens is 250 g/mol. The first-order valence-electron chi connectivity index (χ1n) is 6.43. The van der Waals surface area contributed by atoms with Gasteiger partial charge in [-0.1, -0.05) is 19.8 Å². The van der Waals surface area contributed by atoms with E-state index in [0.29, 0.717) is 13.0 Å². The van der Waals surface area contributed by atoms with E-state index in [1.807, 2.05) is 20.2 Å². The molecule has 0 saturated heterocycles. The number of nitrogens with one attached hydrogen (secondary N) is 1. The molecule has 6 heteroatoms. The lowest BCUT2D eigenvalue weighted by atomic mass is 9.97. The molecule has 1 fully saturated rings. The fourth-order valence-electron chi connectivity index (χ4n) is 2.53. The third-order valence-corrected chi connectivity index (χ3v) is 5.71. The minimum atomic E-state index is -3.52. The first-order valence-corrected chi connectivity index (χ1v) is 7.98. The molecule has 0 aromatic carbocycles. The summed E-state index contributed by atoms with van der Waals surface area (Å²) in [5.74, 6) is 0. The van der Waals surface area contributed by atoms with Crippen molar-refractivity contribution in [3.8, 4) is 6.07 Å². The lowest BCUT2D eigenvalue weighted by Gasteiger charge is -2.36. The van der Waals surface area contributed by atoms with Crippen LogP contribution in [0.15, 0.2) is 0 Å². The molecule has 0 amide bonds. The molecule has 0 heterocycles. The number of hydrogen-bond acceptors (Lipinski definition) is 4. The molecule has 0 bridgehead atoms. The van der Waals surface area contributed by atoms with Crippen molar-refractivity contribution in [2.24, 2.45) is 0 Å². The first kappa shape index (κ1) is 15.4. The van der Waals surface area contributed by atoms with Crippen LogP contribution in [0.5, 0.6) is 0 Å². The van der Waals surface area contributed by atoms with Gasteiger partial charge in [-0.05, 0) is 33.4 Å². The maximum Gasteiger partial charge on any atom is 0.228 e. The zero-order valence-electron chi connectivity index (χ0n) is 11.4. The van der Waals surface area contributed by atoms with Gasteiger partial charge in [0.15, 0.2) is 5.25 Å². The Morgan fingerprint density at radius 3 is 2.33 bits per heavy atom. The topological polar surface area (TPSA) is 73.2 Å². The molecule has 18 heavy (non-hydrogen) atoms. The molecule has 1 aliphatic carbocycles. The van der Waals surface area contributed by atoms with Gasteiger partial charge in [0.25, 0.3) is 0 Å². The van der Waals surface area contributed by atoms with Crippen molar-refractivity contribution in [1.29, 1.82) is 5.26 Å². The smallest absolute Gasteiger partial charge is 0.228 e. The minimum Gasteiger partial charge on any atom is -0.302 e. The highest BCUT2D eigenvalue weighted by Crippen LogP contribution is 2.33. The summed E-state index contributed by atoms with van der Waals surface area (Å²) in [7, 11) is 0.455. The van der Waals surface area contributed by atoms with Crippen LogP contribution in [0.3, 0.4) is 0 Å². The van der Waals surface area contributed by atoms with Gasteiger partial charge in [0.1, 0.15) is 0 Å². The predicted octanol–water partition coefficient (Wildman–Crippen LogP) is 1.08. The molecule has 1 unspecified atom stereocenters. The SMILES string of the molecule is CCC(C#N)S(=O)(=O)NCC1(N(C)C)CCCC1. The minimum absolute atomic E-state index is 0.0825. The Kier molecular flexibility index (Phi) is 5.14. The Labute approximate surface area is 110 Å². The molecule has 1 atom stereocenters. The van der Waals surface area contributed by atoms with E-state index in [0.717, 1.165) is 25.7 Å². The maximum absolute atomic E-state index is 12.0. The Balaban J connectivity index is 2.72. The Morgan fingerprint density at radius 1 is 1.39 bits per heavy atom. The predicted molar refractivity (Wildman–Crippen MR) is 71.5 cm³/mol. The van der Waals surface area contributed by atoms with Crippen molar-refractivity contribution < 1.29 is 8.42 Å². The highest BCUT2D eigenvalue weighted by Gasteiger charge is 2.37. The quantitative estimate of drug-likeness (QED) is 0.786. The maximum atomic E-state index is 12.0. The number of likely N-dealkylation sites (N-methyl/N-ethyl adjacent to an activating group) is 1. The third kappa shape index (κ3) is 3.22. The molecule has 104 valence electrons. The Hall–Kier alpha value is -0.640. The standard InChI is InChI=1S/C12H23N3O2S/c1-4-11(9-13)18(16,17)14-10-12(15(2)3)7-5-6-8-12/h11,14H,4-8,10H2,1-3H3. The van der Waals surface area contributed by atoms with Crippen molar-refractivity contribution in [3.05, 3.63) is 0 Å². The molecule has 0 spiro atoms. The van der Waals surface area contributed by atoms with Crippen LogP contribution in [0, 0.1) is 11.3 Å². The van der Waals surface area contributed by atoms with E-state index in [4.69, 9.17) is 5.26 Å². The fraction of sp³-hybridized carbons (Fsp3) is 0.917. The van der Waals surface area contributed by atoms with Gasteiger partial charge in [0.2, 0.25) is 10.0 Å². The van der Waals surface area contributed by atoms with Crippen LogP contribution in [0.2, 0.25) is 0 Å². The van der Waals surface area contributed by atoms with Crippen molar-refractivity contribution in [2.45, 2.75) is 49.8 Å². The van der Waals surface area contributed by atoms with Gasteiger partial charge in [-0.2, -0.15) is 5.26 Å². The van der Waals surface area contributed by atoms with Crippen molar-refractivity contribution in [1.82, 2.24) is 9.62 Å². The molecule has 1 rings (SSSR count). The number of nitriles is 1. The normalized spacial score (nSPS) is 20.8. The summed E-state index contributed by atoms with van der Waals surface area (Å²) in [5.41, 5.74) is -0.0825. The monoisotopic (exact) mass is 273 g/mol. The summed E-state index contributed by atoms with van der Waals surface area (Å²) >= 11 is 0. The third-order valence-electron chi connectivity index (χ3n) is 3.97. The molecule has 0 radical (unpaired) electrons. The summed E-state index contributed by atoms with van der Waals surface area (Å²) < 4.78 is 26.6. The first-order chi connectivity index (χ1) is 8.38. The number of sulfonamides is 1. The van der Waals surface area contributed by atoms with Crippen molar-refractivity contribution >= 4 is 10.0 Å². The van der Waals surface area contributed by atoms with Crippen LogP contribution >= 0.6 is 0 Å². The van der Waals surface area contributed by atoms with Crippen LogP contribution in [0.25, 0.3) is 0 Å². The van der Waals surface area contributed by atoms with Gasteiger partial charge in [0.05, 0.1) is 6.07 Å². The second kappa shape index (κ2) is 6.00. The van der Waals surface area contributed by atoms with Gasteiger partial charge in [-0.15, -0.1) is 0 Å². The number of hydrogen-bond donors (Lipinski definition) is 1. The Bertz CT molecular complexity index is 406. The van der Waals surface area contributed by atoms with E-state index >= 15 is 0 Å². The molecule has 1 saturated carbocycles. The summed E-state index contributed by atoms with van der Waals surface area (Å²) in [4.78, 5) is 2.11. The van der Waals surface area contributed by atoms with E-state index in [1.54, 1.807) is 6.92 Å². The van der Waals surface area contributed by atoms with Crippen LogP contribution in [0.1, 0.15) is 39.0 Å². The van der Waals surface area contributed by atoms with E-state index in [9.17, 15) is 8.42 Å². The van der Waals surface area contributed by atoms with Gasteiger partial charge < -0.3 is 4.90 Å². The average molecular weight is 273 g/mol. The fourth-order valence-corrected chi connectivity index (χ4v) is 3.78. The summed E-state index contributed by atoms with van der Waals surface area (Å²) in [6.45, 7) is 2.12. The lowest BCUT2D eigenvalue weighted by Crippen LogP contribution is -2.51. The van der Waals surface area contributed by atoms with Gasteiger partial charge in [-0.3, -0.25) is 0 Å². The molecule has 0 aliphatic heterocycles. The highest BCUT2D eigenvalue weighted by atomic mass is 32.2. The van der Waals surface area contributed by atoms with Gasteiger partial charge in [-0.25, -0.2) is 13.1 Å². The highest BCUT2D eigenvalue weighted by molar-refractivity contribution is 7.90. The zero-order valence-corrected chi connectivity index (χ0v) is 12.3. The second-order valence-electron chi connectivity index (χ2n) is 5.22. The van der Waals surface area contributed by atoms with Crippen molar-refractivity contribution in [3.63, 3.8) is 0 Å². The van der Waals surface area contributed by atoms with Crippen molar-refractivity contribution in [2.75, 3.05) is 20.6 Å². The van der Waals surface area contributed by atoms with Crippen LogP contribution in [0.4, 0.5) is 0 Å².